The van der Waals surface area contributed by atoms with E-state index in [2.05, 4.69) is 5.32 Å². The summed E-state index contributed by atoms with van der Waals surface area (Å²) in [6, 6.07) is 3.83. The smallest absolute Gasteiger partial charge is 0.322 e. The maximum Gasteiger partial charge on any atom is 0.322 e. The predicted molar refractivity (Wildman–Crippen MR) is 66.1 cm³/mol. The van der Waals surface area contributed by atoms with Crippen molar-refractivity contribution in [3.8, 4) is 0 Å². The molecule has 0 amide bonds. The highest BCUT2D eigenvalue weighted by molar-refractivity contribution is 6.31. The first-order valence-corrected chi connectivity index (χ1v) is 6.08. The topological polar surface area (TPSA) is 52.6 Å². The number of hydrogen-bond acceptors (Lipinski definition) is 3. The SMILES string of the molecule is O=C(O)[C@H]1CNCCN1Cc1c(F)cccc1Cl. The van der Waals surface area contributed by atoms with E-state index in [9.17, 15) is 9.18 Å². The van der Waals surface area contributed by atoms with Gasteiger partial charge in [0.25, 0.3) is 0 Å². The Hall–Kier alpha value is -1.17. The van der Waals surface area contributed by atoms with Gasteiger partial charge in [0.1, 0.15) is 11.9 Å². The molecule has 0 bridgehead atoms. The zero-order valence-electron chi connectivity index (χ0n) is 9.70. The molecule has 1 saturated heterocycles. The fraction of sp³-hybridized carbons (Fsp3) is 0.417. The van der Waals surface area contributed by atoms with Gasteiger partial charge >= 0.3 is 5.97 Å². The highest BCUT2D eigenvalue weighted by Gasteiger charge is 2.29. The van der Waals surface area contributed by atoms with Crippen LogP contribution in [-0.2, 0) is 11.3 Å². The van der Waals surface area contributed by atoms with Crippen molar-refractivity contribution in [3.63, 3.8) is 0 Å². The molecule has 1 aliphatic rings. The summed E-state index contributed by atoms with van der Waals surface area (Å²) in [4.78, 5) is 12.8. The lowest BCUT2D eigenvalue weighted by Gasteiger charge is -2.33. The summed E-state index contributed by atoms with van der Waals surface area (Å²) in [7, 11) is 0. The van der Waals surface area contributed by atoms with Gasteiger partial charge in [0.05, 0.1) is 0 Å². The lowest BCUT2D eigenvalue weighted by atomic mass is 10.1. The Labute approximate surface area is 109 Å². The van der Waals surface area contributed by atoms with Crippen LogP contribution < -0.4 is 5.32 Å². The van der Waals surface area contributed by atoms with Crippen molar-refractivity contribution in [2.75, 3.05) is 19.6 Å². The number of rotatable bonds is 3. The summed E-state index contributed by atoms with van der Waals surface area (Å²) in [6.45, 7) is 1.82. The third-order valence-electron chi connectivity index (χ3n) is 3.06. The summed E-state index contributed by atoms with van der Waals surface area (Å²) in [5.41, 5.74) is 0.354. The molecule has 0 radical (unpaired) electrons. The molecule has 0 saturated carbocycles. The van der Waals surface area contributed by atoms with Gasteiger partial charge in [-0.3, -0.25) is 9.69 Å². The van der Waals surface area contributed by atoms with Gasteiger partial charge in [-0.05, 0) is 12.1 Å². The number of carbonyl (C=O) groups is 1. The van der Waals surface area contributed by atoms with E-state index in [0.29, 0.717) is 30.2 Å². The van der Waals surface area contributed by atoms with E-state index < -0.39 is 17.8 Å². The first kappa shape index (κ1) is 13.3. The van der Waals surface area contributed by atoms with Crippen LogP contribution in [0.2, 0.25) is 5.02 Å². The minimum atomic E-state index is -0.908. The molecule has 2 rings (SSSR count). The molecule has 0 spiro atoms. The molecule has 18 heavy (non-hydrogen) atoms. The zero-order valence-corrected chi connectivity index (χ0v) is 10.5. The summed E-state index contributed by atoms with van der Waals surface area (Å²) in [5.74, 6) is -1.31. The largest absolute Gasteiger partial charge is 0.480 e. The second-order valence-corrected chi connectivity index (χ2v) is 4.64. The molecule has 6 heteroatoms. The van der Waals surface area contributed by atoms with Crippen molar-refractivity contribution in [2.45, 2.75) is 12.6 Å². The molecular weight excluding hydrogens is 259 g/mol. The Bertz CT molecular complexity index is 435. The van der Waals surface area contributed by atoms with Crippen molar-refractivity contribution in [2.24, 2.45) is 0 Å². The van der Waals surface area contributed by atoms with Crippen LogP contribution in [0.5, 0.6) is 0 Å². The quantitative estimate of drug-likeness (QED) is 0.872. The number of piperazine rings is 1. The average Bonchev–Trinajstić information content (AvgIpc) is 2.34. The number of aliphatic carboxylic acids is 1. The number of nitrogens with zero attached hydrogens (tertiary/aromatic N) is 1. The number of carboxylic acid groups (broad SMARTS) is 1. The van der Waals surface area contributed by atoms with E-state index in [1.54, 1.807) is 11.0 Å². The standard InChI is InChI=1S/C12H14ClFN2O2/c13-9-2-1-3-10(14)8(9)7-16-5-4-15-6-11(16)12(17)18/h1-3,11,15H,4-7H2,(H,17,18)/t11-/m1/s1. The Morgan fingerprint density at radius 2 is 2.39 bits per heavy atom. The van der Waals surface area contributed by atoms with E-state index in [1.807, 2.05) is 0 Å². The van der Waals surface area contributed by atoms with Gasteiger partial charge in [-0.2, -0.15) is 0 Å². The fourth-order valence-electron chi connectivity index (χ4n) is 2.07. The van der Waals surface area contributed by atoms with Crippen molar-refractivity contribution in [1.29, 1.82) is 0 Å². The molecule has 0 aliphatic carbocycles. The van der Waals surface area contributed by atoms with Gasteiger partial charge in [0.2, 0.25) is 0 Å². The van der Waals surface area contributed by atoms with E-state index in [4.69, 9.17) is 16.7 Å². The third kappa shape index (κ3) is 2.80. The Balaban J connectivity index is 2.18. The Morgan fingerprint density at radius 3 is 3.06 bits per heavy atom. The molecule has 4 nitrogen and oxygen atoms in total. The lowest BCUT2D eigenvalue weighted by molar-refractivity contribution is -0.144. The second-order valence-electron chi connectivity index (χ2n) is 4.23. The van der Waals surface area contributed by atoms with Crippen molar-refractivity contribution >= 4 is 17.6 Å². The van der Waals surface area contributed by atoms with Crippen LogP contribution >= 0.6 is 11.6 Å². The van der Waals surface area contributed by atoms with Gasteiger partial charge in [0, 0.05) is 36.8 Å². The van der Waals surface area contributed by atoms with Crippen LogP contribution in [0.3, 0.4) is 0 Å². The van der Waals surface area contributed by atoms with Crippen LogP contribution in [0.15, 0.2) is 18.2 Å². The number of halogens is 2. The normalized spacial score (nSPS) is 20.9. The van der Waals surface area contributed by atoms with E-state index >= 15 is 0 Å². The third-order valence-corrected chi connectivity index (χ3v) is 3.42. The van der Waals surface area contributed by atoms with E-state index in [1.165, 1.54) is 12.1 Å². The molecule has 1 atom stereocenters. The molecule has 0 unspecified atom stereocenters. The van der Waals surface area contributed by atoms with Gasteiger partial charge in [0.15, 0.2) is 0 Å². The molecule has 98 valence electrons. The molecule has 1 aliphatic heterocycles. The number of carboxylic acids is 1. The second kappa shape index (κ2) is 5.65. The van der Waals surface area contributed by atoms with Crippen molar-refractivity contribution in [3.05, 3.63) is 34.6 Å². The average molecular weight is 273 g/mol. The van der Waals surface area contributed by atoms with Gasteiger partial charge in [-0.1, -0.05) is 17.7 Å². The van der Waals surface area contributed by atoms with Crippen molar-refractivity contribution in [1.82, 2.24) is 10.2 Å². The zero-order chi connectivity index (χ0) is 13.1. The molecule has 1 aromatic rings. The summed E-state index contributed by atoms with van der Waals surface area (Å²) < 4.78 is 13.7. The first-order valence-electron chi connectivity index (χ1n) is 5.70. The van der Waals surface area contributed by atoms with Crippen LogP contribution in [-0.4, -0.2) is 41.7 Å². The minimum Gasteiger partial charge on any atom is -0.480 e. The maximum absolute atomic E-state index is 13.7. The lowest BCUT2D eigenvalue weighted by Crippen LogP contribution is -2.54. The van der Waals surface area contributed by atoms with E-state index in [-0.39, 0.29) is 6.54 Å². The maximum atomic E-state index is 13.7. The van der Waals surface area contributed by atoms with Crippen LogP contribution in [0, 0.1) is 5.82 Å². The van der Waals surface area contributed by atoms with Crippen LogP contribution in [0.25, 0.3) is 0 Å². The number of nitrogens with one attached hydrogen (secondary N) is 1. The summed E-state index contributed by atoms with van der Waals surface area (Å²) in [6.07, 6.45) is 0. The van der Waals surface area contributed by atoms with Gasteiger partial charge < -0.3 is 10.4 Å². The Morgan fingerprint density at radius 1 is 1.61 bits per heavy atom. The first-order chi connectivity index (χ1) is 8.59. The van der Waals surface area contributed by atoms with Crippen molar-refractivity contribution < 1.29 is 14.3 Å². The van der Waals surface area contributed by atoms with Gasteiger partial charge in [-0.15, -0.1) is 0 Å². The molecule has 2 N–H and O–H groups in total. The van der Waals surface area contributed by atoms with Crippen LogP contribution in [0.4, 0.5) is 4.39 Å². The molecular formula is C12H14ClFN2O2. The number of hydrogen-bond donors (Lipinski definition) is 2. The summed E-state index contributed by atoms with van der Waals surface area (Å²) >= 11 is 5.95. The summed E-state index contributed by atoms with van der Waals surface area (Å²) in [5, 5.41) is 12.5. The highest BCUT2D eigenvalue weighted by Crippen LogP contribution is 2.22. The Kier molecular flexibility index (Phi) is 4.16. The predicted octanol–water partition coefficient (Wildman–Crippen LogP) is 1.34. The van der Waals surface area contributed by atoms with Gasteiger partial charge in [-0.25, -0.2) is 4.39 Å². The molecule has 0 aromatic heterocycles. The number of benzene rings is 1. The monoisotopic (exact) mass is 272 g/mol. The molecule has 1 fully saturated rings. The minimum absolute atomic E-state index is 0.212. The van der Waals surface area contributed by atoms with E-state index in [0.717, 1.165) is 0 Å². The highest BCUT2D eigenvalue weighted by atomic mass is 35.5. The molecule has 1 heterocycles. The fourth-order valence-corrected chi connectivity index (χ4v) is 2.29. The van der Waals surface area contributed by atoms with Crippen LogP contribution in [0.1, 0.15) is 5.56 Å². The molecule has 1 aromatic carbocycles.